The molecule has 1 aliphatic heterocycles. The highest BCUT2D eigenvalue weighted by Gasteiger charge is 2.26. The summed E-state index contributed by atoms with van der Waals surface area (Å²) in [4.78, 5) is 11.7. The number of esters is 1. The molecule has 0 aliphatic carbocycles. The van der Waals surface area contributed by atoms with Crippen molar-refractivity contribution < 1.29 is 14.3 Å². The first-order valence-corrected chi connectivity index (χ1v) is 5.43. The van der Waals surface area contributed by atoms with Crippen LogP contribution in [0.3, 0.4) is 0 Å². The molecule has 1 aliphatic rings. The summed E-state index contributed by atoms with van der Waals surface area (Å²) in [6, 6.07) is 0. The monoisotopic (exact) mass is 212 g/mol. The number of hydrogen-bond acceptors (Lipinski definition) is 3. The Morgan fingerprint density at radius 3 is 2.53 bits per heavy atom. The van der Waals surface area contributed by atoms with Crippen molar-refractivity contribution in [2.75, 3.05) is 6.61 Å². The van der Waals surface area contributed by atoms with Gasteiger partial charge in [-0.1, -0.05) is 27.4 Å². The second-order valence-corrected chi connectivity index (χ2v) is 4.93. The van der Waals surface area contributed by atoms with E-state index in [4.69, 9.17) is 9.47 Å². The van der Waals surface area contributed by atoms with Gasteiger partial charge < -0.3 is 9.47 Å². The average Bonchev–Trinajstić information content (AvgIpc) is 2.16. The molecule has 1 unspecified atom stereocenters. The second kappa shape index (κ2) is 4.79. The van der Waals surface area contributed by atoms with Crippen molar-refractivity contribution in [2.45, 2.75) is 46.3 Å². The Morgan fingerprint density at radius 2 is 2.07 bits per heavy atom. The molecule has 86 valence electrons. The van der Waals surface area contributed by atoms with Crippen LogP contribution in [-0.2, 0) is 14.3 Å². The first-order chi connectivity index (χ1) is 6.91. The van der Waals surface area contributed by atoms with Crippen molar-refractivity contribution in [3.63, 3.8) is 0 Å². The molecule has 3 nitrogen and oxygen atoms in total. The van der Waals surface area contributed by atoms with Crippen LogP contribution in [0.1, 0.15) is 40.0 Å². The van der Waals surface area contributed by atoms with E-state index >= 15 is 0 Å². The number of hydrogen-bond donors (Lipinski definition) is 0. The van der Waals surface area contributed by atoms with Gasteiger partial charge in [-0.25, -0.2) is 4.79 Å². The minimum atomic E-state index is -0.370. The molecule has 0 radical (unpaired) electrons. The highest BCUT2D eigenvalue weighted by Crippen LogP contribution is 2.25. The lowest BCUT2D eigenvalue weighted by Gasteiger charge is -2.25. The molecule has 1 saturated heterocycles. The fourth-order valence-electron chi connectivity index (χ4n) is 1.30. The van der Waals surface area contributed by atoms with Gasteiger partial charge in [0, 0.05) is 12.0 Å². The van der Waals surface area contributed by atoms with Crippen LogP contribution < -0.4 is 0 Å². The molecule has 1 fully saturated rings. The smallest absolute Gasteiger partial charge is 0.336 e. The van der Waals surface area contributed by atoms with E-state index in [2.05, 4.69) is 6.58 Å². The Morgan fingerprint density at radius 1 is 1.40 bits per heavy atom. The molecule has 0 aromatic rings. The van der Waals surface area contributed by atoms with Crippen LogP contribution in [0, 0.1) is 5.41 Å². The molecular weight excluding hydrogens is 192 g/mol. The Balaban J connectivity index is 2.44. The summed E-state index contributed by atoms with van der Waals surface area (Å²) in [5.41, 5.74) is 0.253. The number of ether oxygens (including phenoxy) is 2. The minimum absolute atomic E-state index is 0.244. The standard InChI is InChI=1S/C12H20O3/c1-9(12(2,3)4)11(13)15-10-7-5-6-8-14-10/h10H,1,5-8H2,2-4H3. The van der Waals surface area contributed by atoms with E-state index in [1.165, 1.54) is 0 Å². The van der Waals surface area contributed by atoms with E-state index < -0.39 is 0 Å². The Labute approximate surface area is 91.4 Å². The SMILES string of the molecule is C=C(C(=O)OC1CCCCO1)C(C)(C)C. The zero-order valence-electron chi connectivity index (χ0n) is 9.84. The van der Waals surface area contributed by atoms with Gasteiger partial charge >= 0.3 is 5.97 Å². The summed E-state index contributed by atoms with van der Waals surface area (Å²) in [6.45, 7) is 10.3. The summed E-state index contributed by atoms with van der Waals surface area (Å²) >= 11 is 0. The van der Waals surface area contributed by atoms with Crippen molar-refractivity contribution in [1.29, 1.82) is 0 Å². The van der Waals surface area contributed by atoms with Gasteiger partial charge in [0.2, 0.25) is 6.29 Å². The molecule has 0 spiro atoms. The maximum Gasteiger partial charge on any atom is 0.336 e. The Bertz CT molecular complexity index is 244. The van der Waals surface area contributed by atoms with Gasteiger partial charge in [0.15, 0.2) is 0 Å². The van der Waals surface area contributed by atoms with E-state index in [9.17, 15) is 4.79 Å². The van der Waals surface area contributed by atoms with E-state index in [1.807, 2.05) is 20.8 Å². The van der Waals surface area contributed by atoms with E-state index in [0.717, 1.165) is 19.3 Å². The third-order valence-electron chi connectivity index (χ3n) is 2.53. The Kier molecular flexibility index (Phi) is 3.91. The van der Waals surface area contributed by atoms with Crippen molar-refractivity contribution in [3.8, 4) is 0 Å². The lowest BCUT2D eigenvalue weighted by molar-refractivity contribution is -0.183. The lowest BCUT2D eigenvalue weighted by Crippen LogP contribution is -2.28. The van der Waals surface area contributed by atoms with E-state index in [0.29, 0.717) is 12.2 Å². The summed E-state index contributed by atoms with van der Waals surface area (Å²) in [7, 11) is 0. The van der Waals surface area contributed by atoms with Gasteiger partial charge in [-0.15, -0.1) is 0 Å². The Hall–Kier alpha value is -0.830. The fraction of sp³-hybridized carbons (Fsp3) is 0.750. The summed E-state index contributed by atoms with van der Waals surface area (Å²) < 4.78 is 10.5. The first kappa shape index (κ1) is 12.2. The molecule has 0 N–H and O–H groups in total. The maximum atomic E-state index is 11.7. The molecule has 1 heterocycles. The van der Waals surface area contributed by atoms with Crippen molar-refractivity contribution in [1.82, 2.24) is 0 Å². The van der Waals surface area contributed by atoms with Crippen molar-refractivity contribution in [3.05, 3.63) is 12.2 Å². The molecule has 0 bridgehead atoms. The third kappa shape index (κ3) is 3.67. The second-order valence-electron chi connectivity index (χ2n) is 4.93. The van der Waals surface area contributed by atoms with Crippen LogP contribution in [-0.4, -0.2) is 18.9 Å². The molecule has 0 aromatic carbocycles. The van der Waals surface area contributed by atoms with Crippen molar-refractivity contribution in [2.24, 2.45) is 5.41 Å². The molecule has 0 aromatic heterocycles. The van der Waals surface area contributed by atoms with Crippen LogP contribution >= 0.6 is 0 Å². The topological polar surface area (TPSA) is 35.5 Å². The quantitative estimate of drug-likeness (QED) is 0.521. The zero-order valence-corrected chi connectivity index (χ0v) is 9.84. The molecule has 0 saturated carbocycles. The molecular formula is C12H20O3. The predicted molar refractivity (Wildman–Crippen MR) is 58.3 cm³/mol. The fourth-order valence-corrected chi connectivity index (χ4v) is 1.30. The van der Waals surface area contributed by atoms with Gasteiger partial charge in [-0.2, -0.15) is 0 Å². The van der Waals surface area contributed by atoms with Crippen LogP contribution in [0.5, 0.6) is 0 Å². The first-order valence-electron chi connectivity index (χ1n) is 5.43. The molecule has 1 rings (SSSR count). The maximum absolute atomic E-state index is 11.7. The van der Waals surface area contributed by atoms with Gasteiger partial charge in [0.1, 0.15) is 0 Å². The van der Waals surface area contributed by atoms with Gasteiger partial charge in [0.05, 0.1) is 6.61 Å². The third-order valence-corrected chi connectivity index (χ3v) is 2.53. The lowest BCUT2D eigenvalue weighted by atomic mass is 9.88. The van der Waals surface area contributed by atoms with E-state index in [1.54, 1.807) is 0 Å². The number of rotatable bonds is 2. The zero-order chi connectivity index (χ0) is 11.5. The normalized spacial score (nSPS) is 22.2. The minimum Gasteiger partial charge on any atom is -0.432 e. The molecule has 3 heteroatoms. The van der Waals surface area contributed by atoms with Gasteiger partial charge in [-0.3, -0.25) is 0 Å². The highest BCUT2D eigenvalue weighted by molar-refractivity contribution is 5.89. The summed E-state index contributed by atoms with van der Waals surface area (Å²) in [6.07, 6.45) is 2.53. The van der Waals surface area contributed by atoms with Crippen LogP contribution in [0.25, 0.3) is 0 Å². The summed E-state index contributed by atoms with van der Waals surface area (Å²) in [5.74, 6) is -0.339. The van der Waals surface area contributed by atoms with Gasteiger partial charge in [-0.05, 0) is 18.3 Å². The van der Waals surface area contributed by atoms with Crippen LogP contribution in [0.15, 0.2) is 12.2 Å². The van der Waals surface area contributed by atoms with E-state index in [-0.39, 0.29) is 17.7 Å². The average molecular weight is 212 g/mol. The molecule has 15 heavy (non-hydrogen) atoms. The molecule has 0 amide bonds. The summed E-state index contributed by atoms with van der Waals surface area (Å²) in [5, 5.41) is 0. The van der Waals surface area contributed by atoms with Crippen LogP contribution in [0.4, 0.5) is 0 Å². The van der Waals surface area contributed by atoms with Crippen LogP contribution in [0.2, 0.25) is 0 Å². The highest BCUT2D eigenvalue weighted by atomic mass is 16.7. The molecule has 1 atom stereocenters. The van der Waals surface area contributed by atoms with Gasteiger partial charge in [0.25, 0.3) is 0 Å². The predicted octanol–water partition coefficient (Wildman–Crippen LogP) is 2.66. The number of carbonyl (C=O) groups excluding carboxylic acids is 1. The van der Waals surface area contributed by atoms with Crippen molar-refractivity contribution >= 4 is 5.97 Å². The largest absolute Gasteiger partial charge is 0.432 e. The number of carbonyl (C=O) groups is 1.